The zero-order valence-electron chi connectivity index (χ0n) is 17.4. The number of sulfone groups is 1. The van der Waals surface area contributed by atoms with Crippen molar-refractivity contribution >= 4 is 21.5 Å². The molecule has 1 N–H and O–H groups in total. The molecule has 0 heterocycles. The first-order valence-electron chi connectivity index (χ1n) is 9.23. The summed E-state index contributed by atoms with van der Waals surface area (Å²) in [5, 5.41) is 2.84. The van der Waals surface area contributed by atoms with Crippen molar-refractivity contribution < 1.29 is 22.7 Å². The van der Waals surface area contributed by atoms with Crippen LogP contribution < -0.4 is 10.1 Å². The van der Waals surface area contributed by atoms with Crippen molar-refractivity contribution in [2.24, 2.45) is 0 Å². The number of carbonyl (C=O) groups excluding carboxylic acids is 1. The van der Waals surface area contributed by atoms with Crippen LogP contribution in [0.15, 0.2) is 64.5 Å². The second-order valence-electron chi connectivity index (χ2n) is 7.38. The normalized spacial score (nSPS) is 12.4. The third-order valence-corrected chi connectivity index (χ3v) is 6.00. The zero-order valence-corrected chi connectivity index (χ0v) is 18.2. The highest BCUT2D eigenvalue weighted by Gasteiger charge is 2.28. The van der Waals surface area contributed by atoms with Crippen molar-refractivity contribution in [3.63, 3.8) is 0 Å². The summed E-state index contributed by atoms with van der Waals surface area (Å²) in [5.74, 6) is -0.245. The zero-order chi connectivity index (χ0) is 21.7. The third-order valence-electron chi connectivity index (χ3n) is 4.24. The van der Waals surface area contributed by atoms with Crippen LogP contribution in [0.2, 0.25) is 0 Å². The Labute approximate surface area is 172 Å². The Morgan fingerprint density at radius 2 is 1.62 bits per heavy atom. The van der Waals surface area contributed by atoms with Crippen LogP contribution in [0.25, 0.3) is 0 Å². The van der Waals surface area contributed by atoms with Gasteiger partial charge in [-0.2, -0.15) is 0 Å². The summed E-state index contributed by atoms with van der Waals surface area (Å²) >= 11 is 0. The summed E-state index contributed by atoms with van der Waals surface area (Å²) < 4.78 is 36.1. The molecule has 0 saturated heterocycles. The molecule has 0 spiro atoms. The number of benzene rings is 2. The minimum atomic E-state index is -4.06. The van der Waals surface area contributed by atoms with Crippen molar-refractivity contribution in [2.45, 2.75) is 38.0 Å². The van der Waals surface area contributed by atoms with E-state index in [0.29, 0.717) is 18.0 Å². The molecule has 0 unspecified atom stereocenters. The number of methoxy groups -OCH3 is 1. The Bertz CT molecular complexity index is 969. The molecular weight excluding hydrogens is 390 g/mol. The van der Waals surface area contributed by atoms with Gasteiger partial charge in [-0.25, -0.2) is 13.2 Å². The lowest BCUT2D eigenvalue weighted by Gasteiger charge is -2.19. The monoisotopic (exact) mass is 417 g/mol. The molecule has 0 aliphatic heterocycles. The van der Waals surface area contributed by atoms with Crippen molar-refractivity contribution in [1.29, 1.82) is 0 Å². The lowest BCUT2D eigenvalue weighted by atomic mass is 9.87. The highest BCUT2D eigenvalue weighted by atomic mass is 32.2. The SMILES string of the molecule is CCOc1ccc(NC=C(C(=O)OC)S(=O)(=O)c2ccc(C(C)(C)C)cc2)cc1. The fraction of sp³-hybridized carbons (Fsp3) is 0.318. The van der Waals surface area contributed by atoms with Gasteiger partial charge in [0.05, 0.1) is 18.6 Å². The largest absolute Gasteiger partial charge is 0.494 e. The molecule has 29 heavy (non-hydrogen) atoms. The van der Waals surface area contributed by atoms with Crippen molar-refractivity contribution in [1.82, 2.24) is 0 Å². The molecule has 0 aromatic heterocycles. The molecule has 0 atom stereocenters. The van der Waals surface area contributed by atoms with E-state index in [4.69, 9.17) is 9.47 Å². The first-order valence-corrected chi connectivity index (χ1v) is 10.7. The molecule has 7 heteroatoms. The van der Waals surface area contributed by atoms with E-state index in [2.05, 4.69) is 5.32 Å². The highest BCUT2D eigenvalue weighted by Crippen LogP contribution is 2.26. The van der Waals surface area contributed by atoms with E-state index in [9.17, 15) is 13.2 Å². The summed E-state index contributed by atoms with van der Waals surface area (Å²) in [6.45, 7) is 8.55. The van der Waals surface area contributed by atoms with Crippen molar-refractivity contribution in [3.05, 3.63) is 65.2 Å². The molecule has 0 amide bonds. The Morgan fingerprint density at radius 1 is 1.03 bits per heavy atom. The number of ether oxygens (including phenoxy) is 2. The standard InChI is InChI=1S/C22H27NO5S/c1-6-28-18-11-9-17(10-12-18)23-15-20(21(24)27-5)29(25,26)19-13-7-16(8-14-19)22(2,3)4/h7-15,23H,6H2,1-5H3. The van der Waals surface area contributed by atoms with Gasteiger partial charge in [-0.3, -0.25) is 0 Å². The molecule has 0 fully saturated rings. The first kappa shape index (κ1) is 22.5. The van der Waals surface area contributed by atoms with E-state index < -0.39 is 20.7 Å². The molecule has 2 rings (SSSR count). The van der Waals surface area contributed by atoms with Gasteiger partial charge in [0.2, 0.25) is 9.84 Å². The van der Waals surface area contributed by atoms with Gasteiger partial charge in [-0.1, -0.05) is 32.9 Å². The average molecular weight is 418 g/mol. The summed E-state index contributed by atoms with van der Waals surface area (Å²) in [4.78, 5) is 11.7. The highest BCUT2D eigenvalue weighted by molar-refractivity contribution is 7.96. The van der Waals surface area contributed by atoms with Gasteiger partial charge in [-0.15, -0.1) is 0 Å². The van der Waals surface area contributed by atoms with Crippen LogP contribution in [0, 0.1) is 0 Å². The predicted molar refractivity (Wildman–Crippen MR) is 114 cm³/mol. The van der Waals surface area contributed by atoms with Crippen LogP contribution in [0.1, 0.15) is 33.3 Å². The van der Waals surface area contributed by atoms with Crippen LogP contribution in [0.5, 0.6) is 5.75 Å². The quantitative estimate of drug-likeness (QED) is 0.535. The number of nitrogens with one attached hydrogen (secondary N) is 1. The predicted octanol–water partition coefficient (Wildman–Crippen LogP) is 4.28. The fourth-order valence-electron chi connectivity index (χ4n) is 2.57. The molecule has 0 aliphatic carbocycles. The second kappa shape index (κ2) is 9.13. The van der Waals surface area contributed by atoms with Gasteiger partial charge in [0, 0.05) is 11.9 Å². The Balaban J connectivity index is 2.35. The van der Waals surface area contributed by atoms with E-state index in [0.717, 1.165) is 18.9 Å². The van der Waals surface area contributed by atoms with Crippen LogP contribution in [0.3, 0.4) is 0 Å². The molecule has 0 saturated carbocycles. The van der Waals surface area contributed by atoms with E-state index in [1.165, 1.54) is 12.1 Å². The van der Waals surface area contributed by atoms with E-state index in [1.54, 1.807) is 36.4 Å². The van der Waals surface area contributed by atoms with Gasteiger partial charge in [0.1, 0.15) is 5.75 Å². The van der Waals surface area contributed by atoms with E-state index >= 15 is 0 Å². The van der Waals surface area contributed by atoms with Gasteiger partial charge < -0.3 is 14.8 Å². The average Bonchev–Trinajstić information content (AvgIpc) is 2.68. The third kappa shape index (κ3) is 5.60. The first-order chi connectivity index (χ1) is 13.6. The number of rotatable bonds is 7. The van der Waals surface area contributed by atoms with Gasteiger partial charge in [0.25, 0.3) is 0 Å². The Kier molecular flexibility index (Phi) is 7.08. The topological polar surface area (TPSA) is 81.7 Å². The summed E-state index contributed by atoms with van der Waals surface area (Å²) in [6.07, 6.45) is 1.15. The van der Waals surface area contributed by atoms with Crippen molar-refractivity contribution in [2.75, 3.05) is 19.0 Å². The lowest BCUT2D eigenvalue weighted by molar-refractivity contribution is -0.135. The number of esters is 1. The number of anilines is 1. The molecular formula is C22H27NO5S. The Morgan fingerprint density at radius 3 is 2.10 bits per heavy atom. The number of carbonyl (C=O) groups is 1. The molecule has 156 valence electrons. The minimum absolute atomic E-state index is 0.0237. The smallest absolute Gasteiger partial charge is 0.351 e. The number of hydrogen-bond donors (Lipinski definition) is 1. The minimum Gasteiger partial charge on any atom is -0.494 e. The van der Waals surface area contributed by atoms with Crippen LogP contribution in [-0.2, 0) is 24.8 Å². The van der Waals surface area contributed by atoms with E-state index in [-0.39, 0.29) is 10.3 Å². The van der Waals surface area contributed by atoms with Crippen LogP contribution in [0.4, 0.5) is 5.69 Å². The van der Waals surface area contributed by atoms with Crippen LogP contribution >= 0.6 is 0 Å². The molecule has 2 aromatic carbocycles. The number of hydrogen-bond acceptors (Lipinski definition) is 6. The van der Waals surface area contributed by atoms with Crippen LogP contribution in [-0.4, -0.2) is 28.1 Å². The molecule has 0 bridgehead atoms. The fourth-order valence-corrected chi connectivity index (χ4v) is 3.84. The summed E-state index contributed by atoms with van der Waals surface area (Å²) in [7, 11) is -2.92. The molecule has 0 aliphatic rings. The maximum Gasteiger partial charge on any atom is 0.351 e. The van der Waals surface area contributed by atoms with Gasteiger partial charge >= 0.3 is 5.97 Å². The van der Waals surface area contributed by atoms with E-state index in [1.807, 2.05) is 27.7 Å². The van der Waals surface area contributed by atoms with Gasteiger partial charge in [-0.05, 0) is 54.3 Å². The maximum atomic E-state index is 13.0. The molecule has 0 radical (unpaired) electrons. The second-order valence-corrected chi connectivity index (χ2v) is 9.30. The molecule has 6 nitrogen and oxygen atoms in total. The summed E-state index contributed by atoms with van der Waals surface area (Å²) in [5.41, 5.74) is 1.49. The van der Waals surface area contributed by atoms with Crippen molar-refractivity contribution in [3.8, 4) is 5.75 Å². The summed E-state index contributed by atoms with van der Waals surface area (Å²) in [6, 6.07) is 13.5. The molecule has 2 aromatic rings. The Hall–Kier alpha value is -2.80. The van der Waals surface area contributed by atoms with Gasteiger partial charge in [0.15, 0.2) is 4.91 Å². The lowest BCUT2D eigenvalue weighted by Crippen LogP contribution is -2.17. The maximum absolute atomic E-state index is 13.0.